The molecule has 0 bridgehead atoms. The van der Waals surface area contributed by atoms with Crippen molar-refractivity contribution < 1.29 is 14.7 Å². The first-order valence-electron chi connectivity index (χ1n) is 5.80. The highest BCUT2D eigenvalue weighted by atomic mass is 16.4. The molecule has 1 unspecified atom stereocenters. The van der Waals surface area contributed by atoms with Crippen LogP contribution in [0.15, 0.2) is 12.1 Å². The third-order valence-corrected chi connectivity index (χ3v) is 3.41. The summed E-state index contributed by atoms with van der Waals surface area (Å²) in [6, 6.07) is 3.65. The molecule has 0 aliphatic carbocycles. The molecule has 1 amide bonds. The number of benzene rings is 1. The number of hydrogen-bond donors (Lipinski definition) is 2. The number of aryl methyl sites for hydroxylation is 2. The molecule has 1 aliphatic rings. The van der Waals surface area contributed by atoms with Crippen LogP contribution in [0.25, 0.3) is 0 Å². The second kappa shape index (κ2) is 4.33. The van der Waals surface area contributed by atoms with Gasteiger partial charge in [-0.3, -0.25) is 9.59 Å². The van der Waals surface area contributed by atoms with Crippen molar-refractivity contribution in [3.63, 3.8) is 0 Å². The number of nitrogens with two attached hydrogens (primary N) is 1. The van der Waals surface area contributed by atoms with E-state index in [9.17, 15) is 9.59 Å². The van der Waals surface area contributed by atoms with E-state index < -0.39 is 11.9 Å². The number of nitrogens with zero attached hydrogens (tertiary/aromatic N) is 1. The first-order chi connectivity index (χ1) is 8.40. The standard InChI is InChI=1S/C13H16N2O3/c1-7-3-10(14)11(4-8(7)2)15-6-9(13(17)18)5-12(15)16/h3-4,9H,5-6,14H2,1-2H3,(H,17,18). The Morgan fingerprint density at radius 1 is 1.39 bits per heavy atom. The molecule has 1 aromatic carbocycles. The van der Waals surface area contributed by atoms with E-state index in [0.29, 0.717) is 11.4 Å². The molecule has 0 saturated carbocycles. The first-order valence-corrected chi connectivity index (χ1v) is 5.80. The van der Waals surface area contributed by atoms with Crippen LogP contribution in [0.5, 0.6) is 0 Å². The maximum atomic E-state index is 11.8. The maximum Gasteiger partial charge on any atom is 0.308 e. The topological polar surface area (TPSA) is 83.6 Å². The Bertz CT molecular complexity index is 525. The largest absolute Gasteiger partial charge is 0.481 e. The minimum Gasteiger partial charge on any atom is -0.481 e. The molecule has 1 saturated heterocycles. The van der Waals surface area contributed by atoms with E-state index in [-0.39, 0.29) is 18.9 Å². The highest BCUT2D eigenvalue weighted by molar-refractivity contribution is 6.01. The van der Waals surface area contributed by atoms with Gasteiger partial charge >= 0.3 is 5.97 Å². The average Bonchev–Trinajstić information content (AvgIpc) is 2.66. The van der Waals surface area contributed by atoms with Crippen LogP contribution in [0.1, 0.15) is 17.5 Å². The SMILES string of the molecule is Cc1cc(N)c(N2CC(C(=O)O)CC2=O)cc1C. The normalized spacial score (nSPS) is 19.3. The van der Waals surface area contributed by atoms with Gasteiger partial charge in [0.15, 0.2) is 0 Å². The summed E-state index contributed by atoms with van der Waals surface area (Å²) in [5.41, 5.74) is 9.13. The second-order valence-corrected chi connectivity index (χ2v) is 4.74. The van der Waals surface area contributed by atoms with Crippen LogP contribution in [-0.4, -0.2) is 23.5 Å². The lowest BCUT2D eigenvalue weighted by Gasteiger charge is -2.19. The summed E-state index contributed by atoms with van der Waals surface area (Å²) in [5, 5.41) is 8.95. The van der Waals surface area contributed by atoms with Gasteiger partial charge in [-0.25, -0.2) is 0 Å². The molecule has 3 N–H and O–H groups in total. The lowest BCUT2D eigenvalue weighted by Crippen LogP contribution is -2.26. The summed E-state index contributed by atoms with van der Waals surface area (Å²) in [4.78, 5) is 24.2. The monoisotopic (exact) mass is 248 g/mol. The zero-order valence-electron chi connectivity index (χ0n) is 10.4. The van der Waals surface area contributed by atoms with E-state index in [4.69, 9.17) is 10.8 Å². The molecule has 5 heteroatoms. The molecular formula is C13H16N2O3. The first kappa shape index (κ1) is 12.4. The van der Waals surface area contributed by atoms with E-state index in [1.54, 1.807) is 0 Å². The van der Waals surface area contributed by atoms with Crippen molar-refractivity contribution in [1.82, 2.24) is 0 Å². The zero-order chi connectivity index (χ0) is 13.4. The Morgan fingerprint density at radius 3 is 2.56 bits per heavy atom. The predicted octanol–water partition coefficient (Wildman–Crippen LogP) is 1.32. The molecule has 5 nitrogen and oxygen atoms in total. The molecule has 2 rings (SSSR count). The van der Waals surface area contributed by atoms with Gasteiger partial charge in [0, 0.05) is 13.0 Å². The average molecular weight is 248 g/mol. The Morgan fingerprint density at radius 2 is 2.00 bits per heavy atom. The predicted molar refractivity (Wildman–Crippen MR) is 68.4 cm³/mol. The van der Waals surface area contributed by atoms with E-state index in [1.165, 1.54) is 4.90 Å². The fourth-order valence-corrected chi connectivity index (χ4v) is 2.16. The van der Waals surface area contributed by atoms with Crippen molar-refractivity contribution in [3.05, 3.63) is 23.3 Å². The summed E-state index contributed by atoms with van der Waals surface area (Å²) in [6.45, 7) is 4.08. The molecule has 1 aliphatic heterocycles. The number of amides is 1. The van der Waals surface area contributed by atoms with Crippen molar-refractivity contribution in [2.24, 2.45) is 5.92 Å². The van der Waals surface area contributed by atoms with Crippen LogP contribution in [0.4, 0.5) is 11.4 Å². The van der Waals surface area contributed by atoms with Crippen molar-refractivity contribution >= 4 is 23.3 Å². The minimum absolute atomic E-state index is 0.0434. The number of carbonyl (C=O) groups excluding carboxylic acids is 1. The molecule has 1 aromatic rings. The number of rotatable bonds is 2. The number of nitrogen functional groups attached to an aromatic ring is 1. The Labute approximate surface area is 105 Å². The number of aliphatic carboxylic acids is 1. The van der Waals surface area contributed by atoms with Crippen LogP contribution in [0.2, 0.25) is 0 Å². The van der Waals surface area contributed by atoms with Gasteiger partial charge in [-0.1, -0.05) is 0 Å². The fourth-order valence-electron chi connectivity index (χ4n) is 2.16. The number of carboxylic acid groups (broad SMARTS) is 1. The van der Waals surface area contributed by atoms with E-state index in [1.807, 2.05) is 26.0 Å². The molecule has 1 fully saturated rings. The molecule has 0 spiro atoms. The Kier molecular flexibility index (Phi) is 2.98. The van der Waals surface area contributed by atoms with Crippen molar-refractivity contribution in [1.29, 1.82) is 0 Å². The van der Waals surface area contributed by atoms with Crippen molar-refractivity contribution in [2.75, 3.05) is 17.2 Å². The van der Waals surface area contributed by atoms with Crippen molar-refractivity contribution in [3.8, 4) is 0 Å². The third kappa shape index (κ3) is 2.03. The van der Waals surface area contributed by atoms with Crippen LogP contribution in [0, 0.1) is 19.8 Å². The maximum absolute atomic E-state index is 11.8. The van der Waals surface area contributed by atoms with E-state index >= 15 is 0 Å². The summed E-state index contributed by atoms with van der Waals surface area (Å²) in [6.07, 6.45) is 0.0434. The van der Waals surface area contributed by atoms with E-state index in [2.05, 4.69) is 0 Å². The second-order valence-electron chi connectivity index (χ2n) is 4.74. The van der Waals surface area contributed by atoms with Gasteiger partial charge < -0.3 is 15.7 Å². The summed E-state index contributed by atoms with van der Waals surface area (Å²) >= 11 is 0. The van der Waals surface area contributed by atoms with Crippen LogP contribution >= 0.6 is 0 Å². The minimum atomic E-state index is -0.937. The molecule has 96 valence electrons. The molecule has 1 atom stereocenters. The molecule has 18 heavy (non-hydrogen) atoms. The van der Waals surface area contributed by atoms with Gasteiger partial charge in [-0.15, -0.1) is 0 Å². The molecule has 1 heterocycles. The van der Waals surface area contributed by atoms with Gasteiger partial charge in [-0.05, 0) is 37.1 Å². The highest BCUT2D eigenvalue weighted by Gasteiger charge is 2.35. The van der Waals surface area contributed by atoms with Gasteiger partial charge in [0.05, 0.1) is 17.3 Å². The summed E-state index contributed by atoms with van der Waals surface area (Å²) in [7, 11) is 0. The lowest BCUT2D eigenvalue weighted by molar-refractivity contribution is -0.141. The third-order valence-electron chi connectivity index (χ3n) is 3.41. The number of carboxylic acids is 1. The van der Waals surface area contributed by atoms with Gasteiger partial charge in [0.2, 0.25) is 5.91 Å². The highest BCUT2D eigenvalue weighted by Crippen LogP contribution is 2.32. The molecule has 0 aromatic heterocycles. The zero-order valence-corrected chi connectivity index (χ0v) is 10.4. The Balaban J connectivity index is 2.35. The smallest absolute Gasteiger partial charge is 0.308 e. The molecular weight excluding hydrogens is 232 g/mol. The number of anilines is 2. The number of carbonyl (C=O) groups is 2. The Hall–Kier alpha value is -2.04. The van der Waals surface area contributed by atoms with Gasteiger partial charge in [-0.2, -0.15) is 0 Å². The quantitative estimate of drug-likeness (QED) is 0.773. The summed E-state index contributed by atoms with van der Waals surface area (Å²) in [5.74, 6) is -1.76. The van der Waals surface area contributed by atoms with Crippen LogP contribution in [0.3, 0.4) is 0 Å². The number of hydrogen-bond acceptors (Lipinski definition) is 3. The fraction of sp³-hybridized carbons (Fsp3) is 0.385. The van der Waals surface area contributed by atoms with Gasteiger partial charge in [0.1, 0.15) is 0 Å². The summed E-state index contributed by atoms with van der Waals surface area (Å²) < 4.78 is 0. The molecule has 0 radical (unpaired) electrons. The van der Waals surface area contributed by atoms with E-state index in [0.717, 1.165) is 11.1 Å². The van der Waals surface area contributed by atoms with Crippen LogP contribution in [-0.2, 0) is 9.59 Å². The van der Waals surface area contributed by atoms with Crippen molar-refractivity contribution in [2.45, 2.75) is 20.3 Å². The van der Waals surface area contributed by atoms with Crippen LogP contribution < -0.4 is 10.6 Å². The lowest BCUT2D eigenvalue weighted by atomic mass is 10.1. The van der Waals surface area contributed by atoms with Gasteiger partial charge in [0.25, 0.3) is 0 Å².